The van der Waals surface area contributed by atoms with Crippen LogP contribution < -0.4 is 10.6 Å². The van der Waals surface area contributed by atoms with Gasteiger partial charge in [0.25, 0.3) is 0 Å². The second-order valence-corrected chi connectivity index (χ2v) is 7.64. The van der Waals surface area contributed by atoms with E-state index < -0.39 is 0 Å². The van der Waals surface area contributed by atoms with Crippen LogP contribution in [0.25, 0.3) is 0 Å². The third kappa shape index (κ3) is 4.78. The van der Waals surface area contributed by atoms with Crippen molar-refractivity contribution in [2.24, 2.45) is 0 Å². The summed E-state index contributed by atoms with van der Waals surface area (Å²) in [6.45, 7) is 1.89. The summed E-state index contributed by atoms with van der Waals surface area (Å²) in [5.74, 6) is -0.0557. The van der Waals surface area contributed by atoms with Crippen LogP contribution in [0.1, 0.15) is 23.4 Å². The van der Waals surface area contributed by atoms with Gasteiger partial charge in [-0.1, -0.05) is 52.3 Å². The molecule has 2 atom stereocenters. The average Bonchev–Trinajstić information content (AvgIpc) is 3.16. The van der Waals surface area contributed by atoms with Gasteiger partial charge in [-0.15, -0.1) is 11.3 Å². The molecule has 2 aromatic carbocycles. The molecule has 0 spiro atoms. The van der Waals surface area contributed by atoms with Crippen molar-refractivity contribution in [3.8, 4) is 0 Å². The lowest BCUT2D eigenvalue weighted by Crippen LogP contribution is -2.40. The van der Waals surface area contributed by atoms with Crippen molar-refractivity contribution in [2.45, 2.75) is 19.0 Å². The Morgan fingerprint density at radius 3 is 2.36 bits per heavy atom. The SMILES string of the molecule is C[C@@H](N[C@H](c1ccccc1)c1cccs1)C(=O)Nc1ccc(Br)cc1. The maximum absolute atomic E-state index is 12.6. The lowest BCUT2D eigenvalue weighted by molar-refractivity contribution is -0.117. The Hall–Kier alpha value is -1.95. The predicted molar refractivity (Wildman–Crippen MR) is 108 cm³/mol. The minimum absolute atomic E-state index is 0.00753. The molecule has 1 aromatic heterocycles. The van der Waals surface area contributed by atoms with Gasteiger partial charge in [-0.25, -0.2) is 0 Å². The molecule has 0 aliphatic heterocycles. The third-order valence-electron chi connectivity index (χ3n) is 3.88. The van der Waals surface area contributed by atoms with Crippen molar-refractivity contribution >= 4 is 38.9 Å². The largest absolute Gasteiger partial charge is 0.325 e. The van der Waals surface area contributed by atoms with E-state index in [1.54, 1.807) is 11.3 Å². The molecule has 1 amide bonds. The lowest BCUT2D eigenvalue weighted by atomic mass is 10.0. The molecule has 3 aromatic rings. The molecule has 0 unspecified atom stereocenters. The van der Waals surface area contributed by atoms with E-state index in [0.29, 0.717) is 0 Å². The van der Waals surface area contributed by atoms with E-state index in [2.05, 4.69) is 50.1 Å². The maximum atomic E-state index is 12.6. The molecular formula is C20H19BrN2OS. The van der Waals surface area contributed by atoms with Gasteiger partial charge in [0.2, 0.25) is 5.91 Å². The molecule has 1 heterocycles. The van der Waals surface area contributed by atoms with E-state index >= 15 is 0 Å². The first-order chi connectivity index (χ1) is 12.1. The highest BCUT2D eigenvalue weighted by molar-refractivity contribution is 9.10. The lowest BCUT2D eigenvalue weighted by Gasteiger charge is -2.22. The van der Waals surface area contributed by atoms with Crippen LogP contribution in [0.4, 0.5) is 5.69 Å². The van der Waals surface area contributed by atoms with Crippen LogP contribution in [0.3, 0.4) is 0 Å². The zero-order valence-electron chi connectivity index (χ0n) is 13.8. The smallest absolute Gasteiger partial charge is 0.241 e. The highest BCUT2D eigenvalue weighted by Gasteiger charge is 2.21. The summed E-state index contributed by atoms with van der Waals surface area (Å²) < 4.78 is 0.985. The minimum Gasteiger partial charge on any atom is -0.325 e. The van der Waals surface area contributed by atoms with Gasteiger partial charge in [0.05, 0.1) is 12.1 Å². The summed E-state index contributed by atoms with van der Waals surface area (Å²) in [7, 11) is 0. The molecule has 0 bridgehead atoms. The van der Waals surface area contributed by atoms with Gasteiger partial charge in [-0.05, 0) is 48.2 Å². The third-order valence-corrected chi connectivity index (χ3v) is 5.35. The number of hydrogen-bond acceptors (Lipinski definition) is 3. The Balaban J connectivity index is 1.72. The Morgan fingerprint density at radius 2 is 1.72 bits per heavy atom. The fourth-order valence-corrected chi connectivity index (χ4v) is 3.63. The van der Waals surface area contributed by atoms with Gasteiger partial charge in [0.1, 0.15) is 0 Å². The quantitative estimate of drug-likeness (QED) is 0.580. The molecule has 25 heavy (non-hydrogen) atoms. The van der Waals surface area contributed by atoms with Crippen LogP contribution in [0.5, 0.6) is 0 Å². The summed E-state index contributed by atoms with van der Waals surface area (Å²) in [6.07, 6.45) is 0. The number of halogens is 1. The molecule has 3 rings (SSSR count). The van der Waals surface area contributed by atoms with Crippen molar-refractivity contribution in [1.29, 1.82) is 0 Å². The first-order valence-corrected chi connectivity index (χ1v) is 9.71. The van der Waals surface area contributed by atoms with E-state index in [9.17, 15) is 4.79 Å². The minimum atomic E-state index is -0.337. The standard InChI is InChI=1S/C20H19BrN2OS/c1-14(20(24)23-17-11-9-16(21)10-12-17)22-19(18-8-5-13-25-18)15-6-3-2-4-7-15/h2-14,19,22H,1H3,(H,23,24)/t14-,19-/m1/s1. The topological polar surface area (TPSA) is 41.1 Å². The van der Waals surface area contributed by atoms with Gasteiger partial charge in [-0.2, -0.15) is 0 Å². The fourth-order valence-electron chi connectivity index (χ4n) is 2.55. The zero-order chi connectivity index (χ0) is 17.6. The van der Waals surface area contributed by atoms with Gasteiger partial charge in [-0.3, -0.25) is 10.1 Å². The Labute approximate surface area is 160 Å². The van der Waals surface area contributed by atoms with Gasteiger partial charge < -0.3 is 5.32 Å². The summed E-state index contributed by atoms with van der Waals surface area (Å²) in [4.78, 5) is 13.7. The monoisotopic (exact) mass is 414 g/mol. The molecule has 5 heteroatoms. The number of carbonyl (C=O) groups is 1. The molecular weight excluding hydrogens is 396 g/mol. The predicted octanol–water partition coefficient (Wildman–Crippen LogP) is 5.22. The number of rotatable bonds is 6. The fraction of sp³-hybridized carbons (Fsp3) is 0.150. The second kappa shape index (κ2) is 8.43. The van der Waals surface area contributed by atoms with Crippen LogP contribution in [0, 0.1) is 0 Å². The van der Waals surface area contributed by atoms with Crippen LogP contribution in [0.15, 0.2) is 76.6 Å². The van der Waals surface area contributed by atoms with E-state index in [1.165, 1.54) is 4.88 Å². The van der Waals surface area contributed by atoms with Crippen molar-refractivity contribution in [2.75, 3.05) is 5.32 Å². The number of carbonyl (C=O) groups excluding carboxylic acids is 1. The molecule has 0 radical (unpaired) electrons. The van der Waals surface area contributed by atoms with E-state index in [1.807, 2.05) is 55.5 Å². The van der Waals surface area contributed by atoms with Crippen molar-refractivity contribution in [1.82, 2.24) is 5.32 Å². The first kappa shape index (κ1) is 17.9. The van der Waals surface area contributed by atoms with E-state index in [-0.39, 0.29) is 18.0 Å². The van der Waals surface area contributed by atoms with Gasteiger partial charge in [0.15, 0.2) is 0 Å². The van der Waals surface area contributed by atoms with Crippen LogP contribution in [0.2, 0.25) is 0 Å². The molecule has 0 aliphatic carbocycles. The normalized spacial score (nSPS) is 13.2. The summed E-state index contributed by atoms with van der Waals surface area (Å²) in [5, 5.41) is 8.46. The number of nitrogens with one attached hydrogen (secondary N) is 2. The molecule has 2 N–H and O–H groups in total. The Kier molecular flexibility index (Phi) is 6.02. The Morgan fingerprint density at radius 1 is 1.00 bits per heavy atom. The van der Waals surface area contributed by atoms with Gasteiger partial charge in [0, 0.05) is 15.0 Å². The average molecular weight is 415 g/mol. The number of hydrogen-bond donors (Lipinski definition) is 2. The Bertz CT molecular complexity index is 803. The van der Waals surface area contributed by atoms with Crippen molar-refractivity contribution < 1.29 is 4.79 Å². The molecule has 3 nitrogen and oxygen atoms in total. The number of benzene rings is 2. The van der Waals surface area contributed by atoms with Crippen molar-refractivity contribution in [3.63, 3.8) is 0 Å². The number of amides is 1. The van der Waals surface area contributed by atoms with Gasteiger partial charge >= 0.3 is 0 Å². The molecule has 0 saturated carbocycles. The molecule has 0 fully saturated rings. The summed E-state index contributed by atoms with van der Waals surface area (Å²) in [6, 6.07) is 21.5. The molecule has 0 aliphatic rings. The second-order valence-electron chi connectivity index (χ2n) is 5.74. The van der Waals surface area contributed by atoms with Crippen LogP contribution in [-0.4, -0.2) is 11.9 Å². The first-order valence-electron chi connectivity index (χ1n) is 8.04. The summed E-state index contributed by atoms with van der Waals surface area (Å²) >= 11 is 5.08. The maximum Gasteiger partial charge on any atom is 0.241 e. The highest BCUT2D eigenvalue weighted by Crippen LogP contribution is 2.26. The molecule has 128 valence electrons. The van der Waals surface area contributed by atoms with E-state index in [4.69, 9.17) is 0 Å². The summed E-state index contributed by atoms with van der Waals surface area (Å²) in [5.41, 5.74) is 1.93. The van der Waals surface area contributed by atoms with Crippen LogP contribution in [-0.2, 0) is 4.79 Å². The number of thiophene rings is 1. The zero-order valence-corrected chi connectivity index (χ0v) is 16.2. The van der Waals surface area contributed by atoms with E-state index in [0.717, 1.165) is 15.7 Å². The number of anilines is 1. The molecule has 0 saturated heterocycles. The van der Waals surface area contributed by atoms with Crippen LogP contribution >= 0.6 is 27.3 Å². The highest BCUT2D eigenvalue weighted by atomic mass is 79.9. The van der Waals surface area contributed by atoms with Crippen molar-refractivity contribution in [3.05, 3.63) is 87.0 Å².